The maximum Gasteiger partial charge on any atom is 0.327 e. The highest BCUT2D eigenvalue weighted by Gasteiger charge is 2.33. The number of hydrogen-bond acceptors (Lipinski definition) is 4. The van der Waals surface area contributed by atoms with Gasteiger partial charge in [-0.3, -0.25) is 9.11 Å². The molecule has 0 unspecified atom stereocenters. The minimum absolute atomic E-state index is 0.228. The topological polar surface area (TPSA) is 46.6 Å². The molecular weight excluding hydrogens is 322 g/mol. The Kier molecular flexibility index (Phi) is 5.11. The van der Waals surface area contributed by atoms with Gasteiger partial charge in [-0.1, -0.05) is 36.4 Å². The number of hydrogen-bond donors (Lipinski definition) is 0. The van der Waals surface area contributed by atoms with E-state index >= 15 is 0 Å². The van der Waals surface area contributed by atoms with Gasteiger partial charge in [0, 0.05) is 35.0 Å². The summed E-state index contributed by atoms with van der Waals surface area (Å²) in [6, 6.07) is 15.4. The Morgan fingerprint density at radius 1 is 1.21 bits per heavy atom. The minimum atomic E-state index is -0.977. The minimum Gasteiger partial charge on any atom is -0.468 e. The fraction of sp³-hybridized carbons (Fsp3) is 0.316. The first-order valence-electron chi connectivity index (χ1n) is 7.92. The number of methoxy groups -OCH3 is 1. The Bertz CT molecular complexity index is 757. The normalized spacial score (nSPS) is 18.7. The van der Waals surface area contributed by atoms with Gasteiger partial charge in [0.2, 0.25) is 0 Å². The molecule has 0 radical (unpaired) electrons. The molecule has 0 N–H and O–H groups in total. The van der Waals surface area contributed by atoms with Crippen LogP contribution < -0.4 is 0 Å². The molecular formula is C19H21NO3S. The number of rotatable bonds is 4. The lowest BCUT2D eigenvalue weighted by atomic mass is 9.92. The third-order valence-corrected chi connectivity index (χ3v) is 5.38. The Morgan fingerprint density at radius 2 is 1.92 bits per heavy atom. The first-order chi connectivity index (χ1) is 11.6. The van der Waals surface area contributed by atoms with Crippen molar-refractivity contribution >= 4 is 16.8 Å². The summed E-state index contributed by atoms with van der Waals surface area (Å²) in [6.07, 6.45) is 2.59. The van der Waals surface area contributed by atoms with Crippen LogP contribution in [-0.4, -0.2) is 35.0 Å². The van der Waals surface area contributed by atoms with Crippen LogP contribution in [0.25, 0.3) is 0 Å². The Morgan fingerprint density at radius 3 is 2.58 bits per heavy atom. The molecule has 1 aliphatic heterocycles. The lowest BCUT2D eigenvalue weighted by Crippen LogP contribution is -2.39. The van der Waals surface area contributed by atoms with E-state index in [0.29, 0.717) is 6.54 Å². The van der Waals surface area contributed by atoms with E-state index in [9.17, 15) is 9.00 Å². The summed E-state index contributed by atoms with van der Waals surface area (Å²) in [5.41, 5.74) is 3.33. The Labute approximate surface area is 144 Å². The molecule has 1 heterocycles. The average Bonchev–Trinajstić information content (AvgIpc) is 2.61. The van der Waals surface area contributed by atoms with E-state index in [1.807, 2.05) is 42.5 Å². The molecule has 0 bridgehead atoms. The second kappa shape index (κ2) is 7.28. The second-order valence-corrected chi connectivity index (χ2v) is 7.32. The van der Waals surface area contributed by atoms with E-state index in [1.165, 1.54) is 12.7 Å². The van der Waals surface area contributed by atoms with Crippen LogP contribution >= 0.6 is 0 Å². The summed E-state index contributed by atoms with van der Waals surface area (Å²) < 4.78 is 16.5. The molecule has 4 nitrogen and oxygen atoms in total. The molecule has 2 aromatic carbocycles. The molecule has 24 heavy (non-hydrogen) atoms. The van der Waals surface area contributed by atoms with Crippen LogP contribution in [0.15, 0.2) is 53.4 Å². The third kappa shape index (κ3) is 3.42. The number of benzene rings is 2. The highest BCUT2D eigenvalue weighted by atomic mass is 32.2. The third-order valence-electron chi connectivity index (χ3n) is 4.45. The molecule has 1 aliphatic rings. The van der Waals surface area contributed by atoms with Crippen molar-refractivity contribution in [3.05, 3.63) is 65.2 Å². The van der Waals surface area contributed by atoms with Gasteiger partial charge in [0.25, 0.3) is 0 Å². The van der Waals surface area contributed by atoms with Crippen LogP contribution in [0.4, 0.5) is 0 Å². The van der Waals surface area contributed by atoms with Crippen LogP contribution in [0, 0.1) is 0 Å². The van der Waals surface area contributed by atoms with Gasteiger partial charge in [0.1, 0.15) is 6.04 Å². The van der Waals surface area contributed by atoms with E-state index in [0.717, 1.165) is 29.0 Å². The fourth-order valence-electron chi connectivity index (χ4n) is 3.20. The lowest BCUT2D eigenvalue weighted by molar-refractivity contribution is -0.148. The molecule has 0 fully saturated rings. The van der Waals surface area contributed by atoms with Gasteiger partial charge >= 0.3 is 5.97 Å². The van der Waals surface area contributed by atoms with Crippen molar-refractivity contribution in [3.63, 3.8) is 0 Å². The van der Waals surface area contributed by atoms with Crippen LogP contribution in [0.3, 0.4) is 0 Å². The molecule has 126 valence electrons. The second-order valence-electron chi connectivity index (χ2n) is 5.94. The summed E-state index contributed by atoms with van der Waals surface area (Å²) in [6.45, 7) is 1.46. The molecule has 2 atom stereocenters. The summed E-state index contributed by atoms with van der Waals surface area (Å²) in [4.78, 5) is 15.3. The summed E-state index contributed by atoms with van der Waals surface area (Å²) in [5.74, 6) is -0.228. The maximum atomic E-state index is 12.4. The van der Waals surface area contributed by atoms with Crippen molar-refractivity contribution in [2.45, 2.75) is 23.9 Å². The fourth-order valence-corrected chi connectivity index (χ4v) is 3.72. The van der Waals surface area contributed by atoms with Gasteiger partial charge in [-0.2, -0.15) is 0 Å². The zero-order chi connectivity index (χ0) is 17.1. The first kappa shape index (κ1) is 16.9. The zero-order valence-electron chi connectivity index (χ0n) is 13.9. The quantitative estimate of drug-likeness (QED) is 0.801. The summed E-state index contributed by atoms with van der Waals surface area (Å²) in [7, 11) is 0.456. The van der Waals surface area contributed by atoms with E-state index in [2.05, 4.69) is 11.0 Å². The predicted molar refractivity (Wildman–Crippen MR) is 94.1 cm³/mol. The average molecular weight is 343 g/mol. The van der Waals surface area contributed by atoms with Crippen LogP contribution in [0.2, 0.25) is 0 Å². The molecule has 0 saturated carbocycles. The van der Waals surface area contributed by atoms with Crippen molar-refractivity contribution in [1.29, 1.82) is 0 Å². The SMILES string of the molecule is COC(=O)[C@H]1c2ccccc2CCN1Cc1ccc([S@](C)=O)cc1. The van der Waals surface area contributed by atoms with Crippen molar-refractivity contribution in [3.8, 4) is 0 Å². The first-order valence-corrected chi connectivity index (χ1v) is 9.48. The highest BCUT2D eigenvalue weighted by Crippen LogP contribution is 2.31. The van der Waals surface area contributed by atoms with Crippen molar-refractivity contribution in [2.24, 2.45) is 0 Å². The molecule has 0 aromatic heterocycles. The summed E-state index contributed by atoms with van der Waals surface area (Å²) in [5, 5.41) is 0. The van der Waals surface area contributed by atoms with Gasteiger partial charge in [-0.15, -0.1) is 0 Å². The number of carbonyl (C=O) groups excluding carboxylic acids is 1. The van der Waals surface area contributed by atoms with Gasteiger partial charge in [0.05, 0.1) is 7.11 Å². The van der Waals surface area contributed by atoms with Crippen LogP contribution in [0.1, 0.15) is 22.7 Å². The number of nitrogens with zero attached hydrogens (tertiary/aromatic N) is 1. The van der Waals surface area contributed by atoms with Crippen LogP contribution in [0.5, 0.6) is 0 Å². The highest BCUT2D eigenvalue weighted by molar-refractivity contribution is 7.84. The standard InChI is InChI=1S/C19H21NO3S/c1-23-19(21)18-17-6-4-3-5-15(17)11-12-20(18)13-14-7-9-16(10-8-14)24(2)22/h3-10,18H,11-13H2,1-2H3/t18-,24+/m1/s1. The van der Waals surface area contributed by atoms with E-state index in [-0.39, 0.29) is 12.0 Å². The molecule has 0 saturated heterocycles. The monoisotopic (exact) mass is 343 g/mol. The molecule has 5 heteroatoms. The Balaban J connectivity index is 1.86. The van der Waals surface area contributed by atoms with Gasteiger partial charge in [-0.05, 0) is 35.2 Å². The van der Waals surface area contributed by atoms with Gasteiger partial charge in [0.15, 0.2) is 0 Å². The van der Waals surface area contributed by atoms with Crippen molar-refractivity contribution < 1.29 is 13.7 Å². The van der Waals surface area contributed by atoms with Crippen LogP contribution in [-0.2, 0) is 33.3 Å². The molecule has 3 rings (SSSR count). The number of ether oxygens (including phenoxy) is 1. The van der Waals surface area contributed by atoms with Gasteiger partial charge < -0.3 is 4.74 Å². The molecule has 2 aromatic rings. The van der Waals surface area contributed by atoms with Crippen molar-refractivity contribution in [2.75, 3.05) is 19.9 Å². The van der Waals surface area contributed by atoms with Crippen molar-refractivity contribution in [1.82, 2.24) is 4.90 Å². The number of esters is 1. The molecule has 0 spiro atoms. The van der Waals surface area contributed by atoms with E-state index in [1.54, 1.807) is 6.26 Å². The molecule has 0 amide bonds. The number of carbonyl (C=O) groups is 1. The van der Waals surface area contributed by atoms with E-state index in [4.69, 9.17) is 4.74 Å². The predicted octanol–water partition coefficient (Wildman–Crippen LogP) is 2.70. The Hall–Kier alpha value is -1.98. The van der Waals surface area contributed by atoms with E-state index < -0.39 is 10.8 Å². The van der Waals surface area contributed by atoms with Gasteiger partial charge in [-0.25, -0.2) is 4.79 Å². The molecule has 0 aliphatic carbocycles. The summed E-state index contributed by atoms with van der Waals surface area (Å²) >= 11 is 0. The maximum absolute atomic E-state index is 12.4. The zero-order valence-corrected chi connectivity index (χ0v) is 14.7. The lowest BCUT2D eigenvalue weighted by Gasteiger charge is -2.35. The smallest absolute Gasteiger partial charge is 0.327 e. The number of fused-ring (bicyclic) bond motifs is 1. The largest absolute Gasteiger partial charge is 0.468 e.